The first-order valence-electron chi connectivity index (χ1n) is 10.3. The molecular formula is C23H24N4O4S. The van der Waals surface area contributed by atoms with Gasteiger partial charge in [0.05, 0.1) is 14.2 Å². The van der Waals surface area contributed by atoms with Gasteiger partial charge in [-0.3, -0.25) is 9.59 Å². The number of rotatable bonds is 6. The summed E-state index contributed by atoms with van der Waals surface area (Å²) in [6, 6.07) is 14.4. The van der Waals surface area contributed by atoms with Gasteiger partial charge in [-0.05, 0) is 37.1 Å². The van der Waals surface area contributed by atoms with E-state index in [0.717, 1.165) is 17.8 Å². The second kappa shape index (κ2) is 9.78. The number of para-hydroxylation sites is 1. The summed E-state index contributed by atoms with van der Waals surface area (Å²) in [5.41, 5.74) is 1.22. The van der Waals surface area contributed by atoms with Crippen LogP contribution in [0.4, 0.5) is 5.69 Å². The Morgan fingerprint density at radius 1 is 1.06 bits per heavy atom. The van der Waals surface area contributed by atoms with Crippen molar-refractivity contribution in [2.75, 3.05) is 32.6 Å². The molecule has 0 saturated carbocycles. The highest BCUT2D eigenvalue weighted by atomic mass is 32.1. The number of ether oxygens (including phenoxy) is 2. The van der Waals surface area contributed by atoms with Crippen molar-refractivity contribution < 1.29 is 19.1 Å². The Morgan fingerprint density at radius 2 is 1.78 bits per heavy atom. The van der Waals surface area contributed by atoms with Crippen molar-refractivity contribution in [3.05, 3.63) is 64.1 Å². The summed E-state index contributed by atoms with van der Waals surface area (Å²) < 4.78 is 10.6. The van der Waals surface area contributed by atoms with Gasteiger partial charge in [-0.1, -0.05) is 29.5 Å². The second-order valence-corrected chi connectivity index (χ2v) is 8.47. The Balaban J connectivity index is 1.45. The van der Waals surface area contributed by atoms with Crippen LogP contribution in [0.25, 0.3) is 0 Å². The van der Waals surface area contributed by atoms with Gasteiger partial charge < -0.3 is 19.7 Å². The predicted molar refractivity (Wildman–Crippen MR) is 122 cm³/mol. The fourth-order valence-electron chi connectivity index (χ4n) is 3.67. The van der Waals surface area contributed by atoms with Crippen molar-refractivity contribution in [1.82, 2.24) is 15.1 Å². The third-order valence-electron chi connectivity index (χ3n) is 5.32. The Morgan fingerprint density at radius 3 is 2.47 bits per heavy atom. The summed E-state index contributed by atoms with van der Waals surface area (Å²) in [6.07, 6.45) is 1.74. The van der Waals surface area contributed by atoms with Crippen molar-refractivity contribution in [2.24, 2.45) is 0 Å². The van der Waals surface area contributed by atoms with Crippen molar-refractivity contribution >= 4 is 28.8 Å². The number of hydrogen-bond acceptors (Lipinski definition) is 7. The molecule has 2 amide bonds. The zero-order chi connectivity index (χ0) is 22.5. The minimum Gasteiger partial charge on any atom is -0.497 e. The Labute approximate surface area is 190 Å². The normalized spacial score (nSPS) is 15.8. The van der Waals surface area contributed by atoms with Gasteiger partial charge >= 0.3 is 0 Å². The molecule has 32 heavy (non-hydrogen) atoms. The van der Waals surface area contributed by atoms with E-state index < -0.39 is 0 Å². The van der Waals surface area contributed by atoms with Crippen molar-refractivity contribution in [3.8, 4) is 11.5 Å². The molecule has 8 nitrogen and oxygen atoms in total. The maximum Gasteiger partial charge on any atom is 0.286 e. The lowest BCUT2D eigenvalue weighted by molar-refractivity contribution is 0.0706. The molecule has 0 spiro atoms. The van der Waals surface area contributed by atoms with E-state index in [4.69, 9.17) is 9.47 Å². The van der Waals surface area contributed by atoms with Crippen molar-refractivity contribution in [2.45, 2.75) is 18.8 Å². The number of anilines is 1. The van der Waals surface area contributed by atoms with Gasteiger partial charge in [0.15, 0.2) is 0 Å². The molecule has 9 heteroatoms. The minimum atomic E-state index is -0.285. The number of carbonyl (C=O) groups is 2. The van der Waals surface area contributed by atoms with Crippen LogP contribution in [0.2, 0.25) is 0 Å². The molecule has 0 aliphatic carbocycles. The Bertz CT molecular complexity index is 1080. The summed E-state index contributed by atoms with van der Waals surface area (Å²) in [6.45, 7) is 1.18. The number of nitrogens with zero attached hydrogens (tertiary/aromatic N) is 3. The van der Waals surface area contributed by atoms with Crippen LogP contribution in [-0.2, 0) is 0 Å². The number of methoxy groups -OCH3 is 2. The van der Waals surface area contributed by atoms with E-state index in [1.807, 2.05) is 35.2 Å². The van der Waals surface area contributed by atoms with E-state index in [2.05, 4.69) is 15.5 Å². The smallest absolute Gasteiger partial charge is 0.286 e. The number of benzene rings is 2. The molecule has 1 aliphatic rings. The van der Waals surface area contributed by atoms with Gasteiger partial charge in [0.25, 0.3) is 11.8 Å². The SMILES string of the molecule is COc1cc(OC)cc(C(=O)N2CCC[C@H](c3nnc(C(=O)Nc4ccccc4)s3)C2)c1. The molecule has 0 radical (unpaired) electrons. The maximum absolute atomic E-state index is 13.1. The molecule has 1 fully saturated rings. The predicted octanol–water partition coefficient (Wildman–Crippen LogP) is 3.83. The van der Waals surface area contributed by atoms with E-state index in [9.17, 15) is 9.59 Å². The molecule has 0 bridgehead atoms. The molecule has 2 aromatic carbocycles. The van der Waals surface area contributed by atoms with E-state index in [1.54, 1.807) is 32.4 Å². The van der Waals surface area contributed by atoms with Crippen LogP contribution in [0.1, 0.15) is 43.9 Å². The van der Waals surface area contributed by atoms with Crippen LogP contribution in [0, 0.1) is 0 Å². The summed E-state index contributed by atoms with van der Waals surface area (Å²) in [5.74, 6) is 0.806. The summed E-state index contributed by atoms with van der Waals surface area (Å²) in [5, 5.41) is 12.2. The zero-order valence-electron chi connectivity index (χ0n) is 17.9. The van der Waals surface area contributed by atoms with Gasteiger partial charge in [-0.25, -0.2) is 0 Å². The van der Waals surface area contributed by atoms with E-state index >= 15 is 0 Å². The molecule has 1 N–H and O–H groups in total. The highest BCUT2D eigenvalue weighted by Gasteiger charge is 2.29. The van der Waals surface area contributed by atoms with Crippen LogP contribution in [0.3, 0.4) is 0 Å². The highest BCUT2D eigenvalue weighted by Crippen LogP contribution is 2.31. The number of amides is 2. The molecule has 1 atom stereocenters. The number of likely N-dealkylation sites (tertiary alicyclic amines) is 1. The molecule has 1 saturated heterocycles. The first-order chi connectivity index (χ1) is 15.6. The summed E-state index contributed by atoms with van der Waals surface area (Å²) >= 11 is 1.28. The highest BCUT2D eigenvalue weighted by molar-refractivity contribution is 7.13. The van der Waals surface area contributed by atoms with Crippen LogP contribution < -0.4 is 14.8 Å². The zero-order valence-corrected chi connectivity index (χ0v) is 18.7. The fraction of sp³-hybridized carbons (Fsp3) is 0.304. The number of piperidine rings is 1. The average Bonchev–Trinajstić information content (AvgIpc) is 3.34. The van der Waals surface area contributed by atoms with Gasteiger partial charge in [0.2, 0.25) is 5.01 Å². The fourth-order valence-corrected chi connectivity index (χ4v) is 4.54. The van der Waals surface area contributed by atoms with Crippen molar-refractivity contribution in [1.29, 1.82) is 0 Å². The minimum absolute atomic E-state index is 0.0379. The maximum atomic E-state index is 13.1. The topological polar surface area (TPSA) is 93.7 Å². The van der Waals surface area contributed by atoms with Gasteiger partial charge in [-0.15, -0.1) is 10.2 Å². The third kappa shape index (κ3) is 4.88. The lowest BCUT2D eigenvalue weighted by atomic mass is 9.98. The summed E-state index contributed by atoms with van der Waals surface area (Å²) in [7, 11) is 3.11. The molecule has 2 heterocycles. The second-order valence-electron chi connectivity index (χ2n) is 7.46. The van der Waals surface area contributed by atoms with E-state index in [0.29, 0.717) is 40.8 Å². The summed E-state index contributed by atoms with van der Waals surface area (Å²) in [4.78, 5) is 27.5. The Kier molecular flexibility index (Phi) is 6.65. The first-order valence-corrected chi connectivity index (χ1v) is 11.1. The lowest BCUT2D eigenvalue weighted by Gasteiger charge is -2.31. The van der Waals surface area contributed by atoms with Gasteiger partial charge in [0, 0.05) is 36.3 Å². The van der Waals surface area contributed by atoms with Crippen LogP contribution >= 0.6 is 11.3 Å². The molecule has 1 aromatic heterocycles. The number of hydrogen-bond donors (Lipinski definition) is 1. The molecule has 166 valence electrons. The number of carbonyl (C=O) groups excluding carboxylic acids is 2. The van der Waals surface area contributed by atoms with Gasteiger partial charge in [-0.2, -0.15) is 0 Å². The quantitative estimate of drug-likeness (QED) is 0.611. The molecule has 0 unspecified atom stereocenters. The van der Waals surface area contributed by atoms with Crippen LogP contribution in [0.5, 0.6) is 11.5 Å². The lowest BCUT2D eigenvalue weighted by Crippen LogP contribution is -2.39. The molecule has 1 aliphatic heterocycles. The third-order valence-corrected chi connectivity index (χ3v) is 6.41. The number of nitrogens with one attached hydrogen (secondary N) is 1. The van der Waals surface area contributed by atoms with Crippen LogP contribution in [-0.4, -0.2) is 54.2 Å². The van der Waals surface area contributed by atoms with Crippen LogP contribution in [0.15, 0.2) is 48.5 Å². The van der Waals surface area contributed by atoms with Gasteiger partial charge in [0.1, 0.15) is 16.5 Å². The monoisotopic (exact) mass is 452 g/mol. The van der Waals surface area contributed by atoms with Crippen molar-refractivity contribution in [3.63, 3.8) is 0 Å². The standard InChI is InChI=1S/C23H24N4O4S/c1-30-18-11-16(12-19(13-18)31-2)23(29)27-10-6-7-15(14-27)21-25-26-22(32-21)20(28)24-17-8-4-3-5-9-17/h3-5,8-9,11-13,15H,6-7,10,14H2,1-2H3,(H,24,28)/t15-/m0/s1. The van der Waals surface area contributed by atoms with E-state index in [1.165, 1.54) is 11.3 Å². The Hall–Kier alpha value is -3.46. The first kappa shape index (κ1) is 21.8. The van der Waals surface area contributed by atoms with E-state index in [-0.39, 0.29) is 17.7 Å². The molecule has 3 aromatic rings. The average molecular weight is 453 g/mol. The largest absolute Gasteiger partial charge is 0.497 e. The molecular weight excluding hydrogens is 428 g/mol. The molecule has 4 rings (SSSR count). The number of aromatic nitrogens is 2.